The molecule has 3 nitrogen and oxygen atoms in total. The molecule has 0 fully saturated rings. The number of aliphatic hydroxyl groups is 1. The van der Waals surface area contributed by atoms with Crippen molar-refractivity contribution >= 4 is 0 Å². The van der Waals surface area contributed by atoms with Gasteiger partial charge in [-0.1, -0.05) is 13.8 Å². The highest BCUT2D eigenvalue weighted by molar-refractivity contribution is 5.55. The highest BCUT2D eigenvalue weighted by Gasteiger charge is 2.40. The van der Waals surface area contributed by atoms with Crippen LogP contribution in [0.3, 0.4) is 0 Å². The lowest BCUT2D eigenvalue weighted by Crippen LogP contribution is -2.27. The molecule has 0 saturated heterocycles. The molecule has 19 heavy (non-hydrogen) atoms. The Balaban J connectivity index is 3.69. The zero-order chi connectivity index (χ0) is 14.8. The van der Waals surface area contributed by atoms with Crippen molar-refractivity contribution in [2.24, 2.45) is 0 Å². The maximum atomic E-state index is 13.1. The summed E-state index contributed by atoms with van der Waals surface area (Å²) in [6.45, 7) is 2.58. The van der Waals surface area contributed by atoms with Crippen LogP contribution in [0.1, 0.15) is 25.0 Å². The van der Waals surface area contributed by atoms with Gasteiger partial charge in [0.15, 0.2) is 11.5 Å². The number of benzene rings is 1. The average molecular weight is 278 g/mol. The van der Waals surface area contributed by atoms with Crippen molar-refractivity contribution < 1.29 is 27.8 Å². The molecule has 1 rings (SSSR count). The van der Waals surface area contributed by atoms with Gasteiger partial charge < -0.3 is 14.6 Å². The van der Waals surface area contributed by atoms with Crippen molar-refractivity contribution in [2.75, 3.05) is 20.8 Å². The number of methoxy groups -OCH3 is 2. The van der Waals surface area contributed by atoms with Crippen molar-refractivity contribution in [1.82, 2.24) is 0 Å². The number of alkyl halides is 3. The van der Waals surface area contributed by atoms with E-state index in [0.717, 1.165) is 6.07 Å². The molecule has 0 aliphatic heterocycles. The van der Waals surface area contributed by atoms with E-state index < -0.39 is 23.8 Å². The number of hydrogen-bond donors (Lipinski definition) is 1. The van der Waals surface area contributed by atoms with Gasteiger partial charge in [0, 0.05) is 11.0 Å². The molecule has 1 aromatic carbocycles. The third-order valence-corrected chi connectivity index (χ3v) is 2.92. The number of halogens is 3. The van der Waals surface area contributed by atoms with Gasteiger partial charge in [0.25, 0.3) is 0 Å². The molecule has 6 heteroatoms. The lowest BCUT2D eigenvalue weighted by atomic mass is 9.81. The van der Waals surface area contributed by atoms with Crippen LogP contribution in [-0.4, -0.2) is 25.9 Å². The fourth-order valence-electron chi connectivity index (χ4n) is 1.91. The number of ether oxygens (including phenoxy) is 2. The summed E-state index contributed by atoms with van der Waals surface area (Å²) < 4.78 is 49.3. The molecular weight excluding hydrogens is 261 g/mol. The Hall–Kier alpha value is -1.43. The van der Waals surface area contributed by atoms with Gasteiger partial charge in [-0.15, -0.1) is 0 Å². The van der Waals surface area contributed by atoms with Crippen molar-refractivity contribution in [3.8, 4) is 11.5 Å². The van der Waals surface area contributed by atoms with Gasteiger partial charge in [0.05, 0.1) is 26.4 Å². The molecule has 0 aliphatic carbocycles. The van der Waals surface area contributed by atoms with Crippen LogP contribution in [0.4, 0.5) is 13.2 Å². The van der Waals surface area contributed by atoms with Crippen molar-refractivity contribution in [2.45, 2.75) is 25.4 Å². The molecule has 0 radical (unpaired) electrons. The summed E-state index contributed by atoms with van der Waals surface area (Å²) in [7, 11) is 2.62. The first-order valence-corrected chi connectivity index (χ1v) is 5.62. The highest BCUT2D eigenvalue weighted by Crippen LogP contribution is 2.46. The van der Waals surface area contributed by atoms with Crippen LogP contribution in [0.15, 0.2) is 12.1 Å². The van der Waals surface area contributed by atoms with Crippen LogP contribution < -0.4 is 9.47 Å². The molecular formula is C13H17F3O3. The minimum Gasteiger partial charge on any atom is -0.493 e. The van der Waals surface area contributed by atoms with Gasteiger partial charge >= 0.3 is 6.18 Å². The standard InChI is InChI=1S/C13H17F3O3/c1-12(2,7-17)10-8(13(14,15)16)5-6-9(18-3)11(10)19-4/h5-6,17H,7H2,1-4H3. The monoisotopic (exact) mass is 278 g/mol. The molecule has 0 bridgehead atoms. The lowest BCUT2D eigenvalue weighted by Gasteiger charge is -2.29. The van der Waals surface area contributed by atoms with E-state index in [1.807, 2.05) is 0 Å². The third-order valence-electron chi connectivity index (χ3n) is 2.92. The van der Waals surface area contributed by atoms with Gasteiger partial charge in [0.1, 0.15) is 0 Å². The quantitative estimate of drug-likeness (QED) is 0.920. The van der Waals surface area contributed by atoms with Crippen LogP contribution in [0.25, 0.3) is 0 Å². The number of aliphatic hydroxyl groups excluding tert-OH is 1. The van der Waals surface area contributed by atoms with E-state index in [-0.39, 0.29) is 17.1 Å². The second-order valence-electron chi connectivity index (χ2n) is 4.76. The molecule has 0 unspecified atom stereocenters. The van der Waals surface area contributed by atoms with Crippen molar-refractivity contribution in [3.05, 3.63) is 23.3 Å². The van der Waals surface area contributed by atoms with E-state index in [4.69, 9.17) is 9.47 Å². The Kier molecular flexibility index (Phi) is 4.35. The Morgan fingerprint density at radius 2 is 1.68 bits per heavy atom. The van der Waals surface area contributed by atoms with Crippen molar-refractivity contribution in [3.63, 3.8) is 0 Å². The van der Waals surface area contributed by atoms with Crippen molar-refractivity contribution in [1.29, 1.82) is 0 Å². The molecule has 0 heterocycles. The lowest BCUT2D eigenvalue weighted by molar-refractivity contribution is -0.139. The summed E-state index contributed by atoms with van der Waals surface area (Å²) in [5.41, 5.74) is -2.04. The Morgan fingerprint density at radius 3 is 2.05 bits per heavy atom. The molecule has 0 amide bonds. The summed E-state index contributed by atoms with van der Waals surface area (Å²) >= 11 is 0. The minimum absolute atomic E-state index is 0.00336. The second kappa shape index (κ2) is 5.28. The van der Waals surface area contributed by atoms with Crippen LogP contribution in [-0.2, 0) is 11.6 Å². The van der Waals surface area contributed by atoms with Gasteiger partial charge in [-0.2, -0.15) is 13.2 Å². The molecule has 0 aliphatic rings. The summed E-state index contributed by atoms with van der Waals surface area (Å²) in [5.74, 6) is 0.198. The predicted octanol–water partition coefficient (Wildman–Crippen LogP) is 2.99. The summed E-state index contributed by atoms with van der Waals surface area (Å²) in [4.78, 5) is 0. The molecule has 0 atom stereocenters. The SMILES string of the molecule is COc1ccc(C(F)(F)F)c(C(C)(C)CO)c1OC. The maximum absolute atomic E-state index is 13.1. The fourth-order valence-corrected chi connectivity index (χ4v) is 1.91. The Bertz CT molecular complexity index is 453. The number of hydrogen-bond acceptors (Lipinski definition) is 3. The zero-order valence-electron chi connectivity index (χ0n) is 11.3. The van der Waals surface area contributed by atoms with Crippen LogP contribution in [0, 0.1) is 0 Å². The highest BCUT2D eigenvalue weighted by atomic mass is 19.4. The zero-order valence-corrected chi connectivity index (χ0v) is 11.3. The number of rotatable bonds is 4. The topological polar surface area (TPSA) is 38.7 Å². The van der Waals surface area contributed by atoms with Crippen LogP contribution in [0.2, 0.25) is 0 Å². The molecule has 0 spiro atoms. The molecule has 1 N–H and O–H groups in total. The fraction of sp³-hybridized carbons (Fsp3) is 0.538. The Labute approximate surface area is 110 Å². The predicted molar refractivity (Wildman–Crippen MR) is 64.7 cm³/mol. The molecule has 0 saturated carbocycles. The second-order valence-corrected chi connectivity index (χ2v) is 4.76. The molecule has 1 aromatic rings. The average Bonchev–Trinajstić information content (AvgIpc) is 2.35. The first kappa shape index (κ1) is 15.6. The third kappa shape index (κ3) is 2.94. The van der Waals surface area contributed by atoms with E-state index in [2.05, 4.69) is 0 Å². The summed E-state index contributed by atoms with van der Waals surface area (Å²) in [5, 5.41) is 9.36. The Morgan fingerprint density at radius 1 is 1.11 bits per heavy atom. The smallest absolute Gasteiger partial charge is 0.416 e. The van der Waals surface area contributed by atoms with Gasteiger partial charge in [-0.3, -0.25) is 0 Å². The van der Waals surface area contributed by atoms with E-state index in [9.17, 15) is 18.3 Å². The first-order chi connectivity index (χ1) is 8.69. The summed E-state index contributed by atoms with van der Waals surface area (Å²) in [6.07, 6.45) is -4.53. The van der Waals surface area contributed by atoms with Gasteiger partial charge in [0.2, 0.25) is 0 Å². The first-order valence-electron chi connectivity index (χ1n) is 5.62. The van der Waals surface area contributed by atoms with E-state index in [1.165, 1.54) is 34.1 Å². The van der Waals surface area contributed by atoms with E-state index in [1.54, 1.807) is 0 Å². The van der Waals surface area contributed by atoms with E-state index >= 15 is 0 Å². The van der Waals surface area contributed by atoms with Gasteiger partial charge in [-0.25, -0.2) is 0 Å². The summed E-state index contributed by atoms with van der Waals surface area (Å²) in [6, 6.07) is 2.15. The largest absolute Gasteiger partial charge is 0.493 e. The normalized spacial score (nSPS) is 12.4. The van der Waals surface area contributed by atoms with Crippen LogP contribution in [0.5, 0.6) is 11.5 Å². The maximum Gasteiger partial charge on any atom is 0.416 e. The van der Waals surface area contributed by atoms with Gasteiger partial charge in [-0.05, 0) is 12.1 Å². The minimum atomic E-state index is -4.53. The van der Waals surface area contributed by atoms with E-state index in [0.29, 0.717) is 0 Å². The van der Waals surface area contributed by atoms with Crippen LogP contribution >= 0.6 is 0 Å². The molecule has 108 valence electrons. The molecule has 0 aromatic heterocycles.